The number of hydrogen-bond donors (Lipinski definition) is 1. The lowest BCUT2D eigenvalue weighted by molar-refractivity contribution is -0.133. The molecule has 0 aliphatic heterocycles. The SMILES string of the molecule is CC1(C)c2oncc2C[C@]2(C)C3=CC(=O)CC[C@]3(C=O)CC[C@@H]12.CC1(C)c2oncc2C[C@]2(C)C3=CC(=O)CC[C@]3(CF)CC[C@@H]12.CC1(C)c2oncc2C[C@]2(C)C3=CC(=O)CC[C@]3(CO)CC[C@@H]12.[C-]#[N+]C1=C[C@]2(C)C3=CC(=O)CC[C@]3(C=O)CC[C@H]2C(C)(C)C1=O.[C-]#[N+]C1=C[C@]2(C)C3=CC(=O)CC[C@]3(CF)CC[C@H]2C(C)(C)C1=O. The van der Waals surface area contributed by atoms with E-state index in [0.29, 0.717) is 88.4 Å². The number of aliphatic hydroxyl groups is 1. The molecule has 1 N–H and O–H groups in total. The van der Waals surface area contributed by atoms with Crippen molar-refractivity contribution >= 4 is 53.1 Å². The second-order valence-electron chi connectivity index (χ2n) is 41.3. The van der Waals surface area contributed by atoms with Gasteiger partial charge in [0, 0.05) is 114 Å². The van der Waals surface area contributed by atoms with Crippen LogP contribution >= 0.6 is 0 Å². The molecule has 3 aromatic heterocycles. The molecule has 0 unspecified atom stereocenters. The smallest absolute Gasteiger partial charge is 0.226 e. The Labute approximate surface area is 675 Å². The molecule has 5 saturated carbocycles. The van der Waals surface area contributed by atoms with Gasteiger partial charge in [-0.2, -0.15) is 0 Å². The minimum atomic E-state index is -0.673. The summed E-state index contributed by atoms with van der Waals surface area (Å²) in [5.41, 5.74) is 2.87. The summed E-state index contributed by atoms with van der Waals surface area (Å²) in [5.74, 6) is 4.33. The molecular formula is C95H115F2N5O13. The van der Waals surface area contributed by atoms with Crippen LogP contribution in [0.1, 0.15) is 266 Å². The average molecular weight is 1570 g/mol. The van der Waals surface area contributed by atoms with Gasteiger partial charge in [0.1, 0.15) is 29.9 Å². The summed E-state index contributed by atoms with van der Waals surface area (Å²) in [6.07, 6.45) is 36.0. The number of Topliss-reactive ketones (excluding diaryl/α,β-unsaturated/α-hetero) is 2. The van der Waals surface area contributed by atoms with E-state index in [-0.39, 0.29) is 115 Å². The Balaban J connectivity index is 0.000000119. The number of halogens is 2. The highest BCUT2D eigenvalue weighted by Gasteiger charge is 2.66. The van der Waals surface area contributed by atoms with Gasteiger partial charge in [0.25, 0.3) is 0 Å². The van der Waals surface area contributed by atoms with Gasteiger partial charge in [-0.15, -0.1) is 0 Å². The van der Waals surface area contributed by atoms with Crippen molar-refractivity contribution in [3.63, 3.8) is 0 Å². The van der Waals surface area contributed by atoms with Crippen molar-refractivity contribution in [2.45, 2.75) is 268 Å². The van der Waals surface area contributed by atoms with Crippen molar-refractivity contribution in [3.8, 4) is 0 Å². The Morgan fingerprint density at radius 3 is 1.08 bits per heavy atom. The van der Waals surface area contributed by atoms with Gasteiger partial charge in [-0.05, 0) is 209 Å². The van der Waals surface area contributed by atoms with Crippen LogP contribution in [0.3, 0.4) is 0 Å². The van der Waals surface area contributed by atoms with E-state index in [1.54, 1.807) is 48.8 Å². The van der Waals surface area contributed by atoms with Crippen LogP contribution in [0.2, 0.25) is 0 Å². The normalized spacial score (nSPS) is 38.5. The molecule has 0 spiro atoms. The molecule has 15 aliphatic rings. The molecule has 0 aromatic carbocycles. The fraction of sp³-hybridized carbons (Fsp3) is 0.642. The van der Waals surface area contributed by atoms with Crippen molar-refractivity contribution in [2.24, 2.45) is 94.6 Å². The lowest BCUT2D eigenvalue weighted by atomic mass is 9.44. The summed E-state index contributed by atoms with van der Waals surface area (Å²) in [6, 6.07) is 0. The van der Waals surface area contributed by atoms with Crippen LogP contribution in [0.25, 0.3) is 9.69 Å². The first-order valence-corrected chi connectivity index (χ1v) is 42.0. The van der Waals surface area contributed by atoms with E-state index in [9.17, 15) is 57.0 Å². The summed E-state index contributed by atoms with van der Waals surface area (Å²) >= 11 is 0. The van der Waals surface area contributed by atoms with E-state index < -0.39 is 50.0 Å². The van der Waals surface area contributed by atoms with Crippen LogP contribution in [0.15, 0.2) is 114 Å². The predicted molar refractivity (Wildman–Crippen MR) is 426 cm³/mol. The number of allylic oxidation sites excluding steroid dienone is 13. The third-order valence-electron chi connectivity index (χ3n) is 33.5. The lowest BCUT2D eigenvalue weighted by Gasteiger charge is -2.59. The molecule has 0 amide bonds. The van der Waals surface area contributed by atoms with Gasteiger partial charge < -0.3 is 37.9 Å². The monoisotopic (exact) mass is 1570 g/mol. The number of rotatable bonds is 5. The lowest BCUT2D eigenvalue weighted by Crippen LogP contribution is -2.55. The second kappa shape index (κ2) is 28.2. The van der Waals surface area contributed by atoms with Crippen LogP contribution in [-0.4, -0.2) is 93.6 Å². The molecule has 15 atom stereocenters. The molecule has 15 aliphatic carbocycles. The van der Waals surface area contributed by atoms with Crippen LogP contribution < -0.4 is 0 Å². The summed E-state index contributed by atoms with van der Waals surface area (Å²) in [6.45, 7) is 45.5. The summed E-state index contributed by atoms with van der Waals surface area (Å²) < 4.78 is 44.8. The molecule has 18 rings (SSSR count). The van der Waals surface area contributed by atoms with Gasteiger partial charge in [-0.25, -0.2) is 9.69 Å². The summed E-state index contributed by atoms with van der Waals surface area (Å²) in [4.78, 5) is 116. The molecule has 0 radical (unpaired) electrons. The first-order chi connectivity index (χ1) is 53.9. The molecular weight excluding hydrogens is 1460 g/mol. The van der Waals surface area contributed by atoms with E-state index in [4.69, 9.17) is 26.7 Å². The molecule has 0 bridgehead atoms. The number of carbonyl (C=O) groups excluding carboxylic acids is 9. The zero-order valence-electron chi connectivity index (χ0n) is 70.0. The van der Waals surface area contributed by atoms with Gasteiger partial charge in [0.2, 0.25) is 11.4 Å². The van der Waals surface area contributed by atoms with Crippen LogP contribution in [-0.2, 0) is 78.7 Å². The highest BCUT2D eigenvalue weighted by atomic mass is 19.1. The van der Waals surface area contributed by atoms with E-state index >= 15 is 0 Å². The van der Waals surface area contributed by atoms with Crippen LogP contribution in [0.4, 0.5) is 8.78 Å². The van der Waals surface area contributed by atoms with Crippen molar-refractivity contribution in [2.75, 3.05) is 20.0 Å². The number of aldehydes is 2. The van der Waals surface area contributed by atoms with Crippen molar-refractivity contribution in [1.29, 1.82) is 0 Å². The first-order valence-electron chi connectivity index (χ1n) is 42.0. The number of aromatic nitrogens is 3. The van der Waals surface area contributed by atoms with Crippen LogP contribution in [0.5, 0.6) is 0 Å². The Bertz CT molecular complexity index is 4850. The molecule has 3 aromatic rings. The number of aliphatic hydroxyl groups excluding tert-OH is 1. The van der Waals surface area contributed by atoms with E-state index in [1.807, 2.05) is 53.8 Å². The number of ketones is 7. The minimum absolute atomic E-state index is 0.00164. The molecule has 18 nitrogen and oxygen atoms in total. The van der Waals surface area contributed by atoms with Crippen molar-refractivity contribution in [3.05, 3.63) is 157 Å². The highest BCUT2D eigenvalue weighted by molar-refractivity contribution is 6.04. The fourth-order valence-corrected chi connectivity index (χ4v) is 27.9. The van der Waals surface area contributed by atoms with Crippen LogP contribution in [0, 0.1) is 108 Å². The standard InChI is InChI=1S/C19H24FNO2.C19H22FNO2.C19H25NO3.C19H23NO3.C19H21NO3/c1-17(2)14-5-7-19(11-20)6-4-13(22)8-15(19)18(14,3)9-12-10-21-23-16(12)17;1-17(2)14-6-8-19(11-20)7-5-12(22)9-15(19)18(14,3)10-13(21-4)16(17)23;2*1-17(2)14-5-7-19(11-21)6-4-13(22)8-15(19)18(14,3)9-12-10-20-23-16(12)17;1-17(2)14-6-8-19(11-21)7-5-12(22)9-15(19)18(14,3)10-13(20-4)16(17)23/h8,10,14H,4-7,9,11H2,1-3H3;9-10,14H,5-8,11H2,1-3H3;8,10,14,21H,4-7,9,11H2,1-3H3;8,10-11,14H,4-7,9H2,1-3H3;9-11,14H,5-8H2,1-3H3/t5*14-,18-,19+/m00000/s1. The third kappa shape index (κ3) is 12.3. The maximum absolute atomic E-state index is 14.1. The number of hydrogen-bond acceptors (Lipinski definition) is 16. The highest BCUT2D eigenvalue weighted by Crippen LogP contribution is 2.71. The molecule has 3 heterocycles. The van der Waals surface area contributed by atoms with Gasteiger partial charge >= 0.3 is 0 Å². The van der Waals surface area contributed by atoms with Gasteiger partial charge in [0.15, 0.2) is 40.5 Å². The first kappa shape index (κ1) is 83.1. The quantitative estimate of drug-likeness (QED) is 0.184. The minimum Gasteiger partial charge on any atom is -0.395 e. The maximum Gasteiger partial charge on any atom is 0.226 e. The topological polar surface area (TPSA) is 261 Å². The molecule has 612 valence electrons. The summed E-state index contributed by atoms with van der Waals surface area (Å²) in [7, 11) is 0. The van der Waals surface area contributed by atoms with Crippen molar-refractivity contribution in [1.82, 2.24) is 15.5 Å². The third-order valence-corrected chi connectivity index (χ3v) is 33.5. The second-order valence-corrected chi connectivity index (χ2v) is 41.3. The molecule has 0 saturated heterocycles. The number of fused-ring (bicyclic) bond motifs is 18. The van der Waals surface area contributed by atoms with E-state index in [1.165, 1.54) is 5.57 Å². The number of nitrogens with zero attached hydrogens (tertiary/aromatic N) is 5. The average Bonchev–Trinajstić information content (AvgIpc) is 1.64. The fourth-order valence-electron chi connectivity index (χ4n) is 27.9. The number of alkyl halides is 2. The van der Waals surface area contributed by atoms with Gasteiger partial charge in [0.05, 0.1) is 51.7 Å². The zero-order valence-corrected chi connectivity index (χ0v) is 70.0. The Kier molecular flexibility index (Phi) is 20.4. The number of carbonyl (C=O) groups is 9. The molecule has 5 fully saturated rings. The Morgan fingerprint density at radius 1 is 0.400 bits per heavy atom. The maximum atomic E-state index is 14.1. The van der Waals surface area contributed by atoms with Gasteiger partial charge in [-0.3, -0.25) is 32.8 Å². The molecule has 115 heavy (non-hydrogen) atoms. The van der Waals surface area contributed by atoms with E-state index in [0.717, 1.165) is 146 Å². The predicted octanol–water partition coefficient (Wildman–Crippen LogP) is 18.1. The zero-order chi connectivity index (χ0) is 83.5. The van der Waals surface area contributed by atoms with E-state index in [2.05, 4.69) is 87.5 Å². The Hall–Kier alpha value is -8.36. The summed E-state index contributed by atoms with van der Waals surface area (Å²) in [5, 5.41) is 22.2. The Morgan fingerprint density at radius 2 is 0.696 bits per heavy atom. The van der Waals surface area contributed by atoms with Crippen molar-refractivity contribution < 1.29 is 70.6 Å². The molecule has 20 heteroatoms. The largest absolute Gasteiger partial charge is 0.395 e. The van der Waals surface area contributed by atoms with Gasteiger partial charge in [-0.1, -0.05) is 143 Å².